The largest absolute Gasteiger partial charge is 0.465 e. The van der Waals surface area contributed by atoms with Crippen molar-refractivity contribution in [2.45, 2.75) is 491 Å². The molecule has 7 saturated carbocycles. The van der Waals surface area contributed by atoms with Crippen LogP contribution >= 0.6 is 0 Å². The SMILES string of the molecule is CC(C)C(C)(C)CCC(=O)OCC1CCC2OC2C1.CC(C)C(C)C(C)CC(=O)OCC1CCC2OC2C1.CC(C)CC(C)(C)CC(=O)OCC1CCC2OC2C1.CC(CC(C)C(C)C)C(=O)OCC1CCC2OC2C1.CC(CCC(=O)OCC1CCC2OC2C1)C(C)(C)C.CCC(C)(C)C(C)CC(=O)OCC1CCC2OC2C1.CCC(C)C(C)(C)CC(=O)OCC1CCC2OC2C1. The van der Waals surface area contributed by atoms with Gasteiger partial charge in [-0.2, -0.15) is 0 Å². The van der Waals surface area contributed by atoms with Crippen LogP contribution in [0.5, 0.6) is 0 Å². The highest BCUT2D eigenvalue weighted by molar-refractivity contribution is 5.73. The third kappa shape index (κ3) is 42.4. The molecular formula is C112H196O21. The standard InChI is InChI=1S/7C16H28O3/c1-11(16(2,3)4)5-8-15(17)18-10-12-6-7-13-14(9-12)19-13;1-11(2)8-16(3,4)9-15(17)18-10-12-5-6-13-14(7-12)19-13;1-10(2)12(4)11(3)7-16(17)18-9-13-5-6-14-15(8-13)19-14;1-10(2)11(3)7-12(4)16(17)18-9-13-5-6-14-15(8-13)19-14;1-11(2)16(3,4)8-7-15(17)18-10-12-5-6-13-14(9-12)19-13;1-5-16(3,4)11(2)8-15(17)18-10-12-6-7-13-14(9-12)19-13;1-5-11(2)16(3,4)9-15(17)18-10-12-6-7-13-14(8-12)19-13/h2*11-14H,5-10H2,1-4H3;2*10-15H,5-9H2,1-4H3;3*11-14H,5-10H2,1-4H3. The first-order valence-electron chi connectivity index (χ1n) is 54.1. The summed E-state index contributed by atoms with van der Waals surface area (Å²) >= 11 is 0. The predicted molar refractivity (Wildman–Crippen MR) is 524 cm³/mol. The van der Waals surface area contributed by atoms with Crippen molar-refractivity contribution < 1.29 is 99.9 Å². The highest BCUT2D eigenvalue weighted by Crippen LogP contribution is 2.47. The Morgan fingerprint density at radius 2 is 0.632 bits per heavy atom. The molecule has 7 saturated heterocycles. The van der Waals surface area contributed by atoms with E-state index in [1.54, 1.807) is 0 Å². The molecule has 28 unspecified atom stereocenters. The van der Waals surface area contributed by atoms with Crippen LogP contribution in [0.25, 0.3) is 0 Å². The first-order valence-corrected chi connectivity index (χ1v) is 54.1. The van der Waals surface area contributed by atoms with E-state index >= 15 is 0 Å². The molecular weight excluding hydrogens is 1680 g/mol. The van der Waals surface area contributed by atoms with E-state index < -0.39 is 0 Å². The predicted octanol–water partition coefficient (Wildman–Crippen LogP) is 24.6. The van der Waals surface area contributed by atoms with E-state index in [9.17, 15) is 33.6 Å². The first kappa shape index (κ1) is 114. The second-order valence-electron chi connectivity index (χ2n) is 49.9. The Bertz CT molecular complexity index is 3480. The van der Waals surface area contributed by atoms with Crippen molar-refractivity contribution in [3.63, 3.8) is 0 Å². The molecule has 0 radical (unpaired) electrons. The van der Waals surface area contributed by atoms with E-state index in [0.717, 1.165) is 173 Å². The smallest absolute Gasteiger partial charge is 0.308 e. The van der Waals surface area contributed by atoms with Crippen LogP contribution in [0, 0.1) is 134 Å². The number of hydrogen-bond acceptors (Lipinski definition) is 21. The van der Waals surface area contributed by atoms with Gasteiger partial charge in [0.2, 0.25) is 0 Å². The molecule has 0 spiro atoms. The Morgan fingerprint density at radius 1 is 0.316 bits per heavy atom. The number of hydrogen-bond donors (Lipinski definition) is 0. The Labute approximate surface area is 808 Å². The molecule has 0 aromatic carbocycles. The summed E-state index contributed by atoms with van der Waals surface area (Å²) in [5.41, 5.74) is 0.755. The lowest BCUT2D eigenvalue weighted by atomic mass is 9.76. The van der Waals surface area contributed by atoms with Crippen molar-refractivity contribution in [2.24, 2.45) is 134 Å². The van der Waals surface area contributed by atoms with E-state index in [-0.39, 0.29) is 74.8 Å². The lowest BCUT2D eigenvalue weighted by molar-refractivity contribution is -0.150. The maximum atomic E-state index is 12.0. The normalized spacial score (nSPS) is 31.4. The van der Waals surface area contributed by atoms with Crippen molar-refractivity contribution >= 4 is 41.8 Å². The van der Waals surface area contributed by atoms with Crippen LogP contribution in [-0.2, 0) is 99.9 Å². The van der Waals surface area contributed by atoms with Gasteiger partial charge >= 0.3 is 41.8 Å². The number of ether oxygens (including phenoxy) is 14. The van der Waals surface area contributed by atoms with Crippen LogP contribution in [0.4, 0.5) is 0 Å². The van der Waals surface area contributed by atoms with Gasteiger partial charge in [-0.3, -0.25) is 33.6 Å². The van der Waals surface area contributed by atoms with Gasteiger partial charge in [-0.05, 0) is 288 Å². The number of esters is 7. The molecule has 7 heterocycles. The summed E-state index contributed by atoms with van der Waals surface area (Å²) < 4.78 is 76.7. The fraction of sp³-hybridized carbons (Fsp3) is 0.938. The van der Waals surface area contributed by atoms with E-state index in [0.29, 0.717) is 271 Å². The maximum Gasteiger partial charge on any atom is 0.308 e. The molecule has 21 heteroatoms. The molecule has 14 aliphatic rings. The third-order valence-corrected chi connectivity index (χ3v) is 34.5. The third-order valence-electron chi connectivity index (χ3n) is 34.5. The van der Waals surface area contributed by atoms with Crippen LogP contribution in [0.2, 0.25) is 0 Å². The maximum absolute atomic E-state index is 12.0. The van der Waals surface area contributed by atoms with Crippen molar-refractivity contribution in [3.8, 4) is 0 Å². The molecule has 7 aliphatic carbocycles. The highest BCUT2D eigenvalue weighted by atomic mass is 16.6. The van der Waals surface area contributed by atoms with Gasteiger partial charge in [0.25, 0.3) is 0 Å². The van der Waals surface area contributed by atoms with Crippen molar-refractivity contribution in [1.82, 2.24) is 0 Å². The summed E-state index contributed by atoms with van der Waals surface area (Å²) in [5.74, 6) is 8.82. The highest BCUT2D eigenvalue weighted by Gasteiger charge is 2.50. The minimum absolute atomic E-state index is 0.0194. The van der Waals surface area contributed by atoms with Crippen molar-refractivity contribution in [2.75, 3.05) is 46.2 Å². The van der Waals surface area contributed by atoms with Crippen LogP contribution in [0.3, 0.4) is 0 Å². The Balaban J connectivity index is 0.000000191. The summed E-state index contributed by atoms with van der Waals surface area (Å²) in [4.78, 5) is 83.2. The van der Waals surface area contributed by atoms with Gasteiger partial charge in [-0.25, -0.2) is 0 Å². The molecule has 0 N–H and O–H groups in total. The molecule has 0 amide bonds. The first-order chi connectivity index (χ1) is 62.4. The van der Waals surface area contributed by atoms with Crippen LogP contribution in [-0.4, -0.2) is 173 Å². The lowest BCUT2D eigenvalue weighted by Gasteiger charge is -2.30. The summed E-state index contributed by atoms with van der Waals surface area (Å²) in [6, 6.07) is 0. The van der Waals surface area contributed by atoms with Gasteiger partial charge in [0.15, 0.2) is 0 Å². The zero-order valence-corrected chi connectivity index (χ0v) is 89.3. The summed E-state index contributed by atoms with van der Waals surface area (Å²) in [6.07, 6.45) is 39.8. The van der Waals surface area contributed by atoms with Crippen LogP contribution < -0.4 is 0 Å². The monoisotopic (exact) mass is 1880 g/mol. The minimum atomic E-state index is -0.0378. The van der Waals surface area contributed by atoms with Crippen LogP contribution in [0.1, 0.15) is 406 Å². The van der Waals surface area contributed by atoms with E-state index in [4.69, 9.17) is 66.3 Å². The number of epoxide rings is 7. The second kappa shape index (κ2) is 53.2. The molecule has 28 atom stereocenters. The molecule has 14 rings (SSSR count). The lowest BCUT2D eigenvalue weighted by Crippen LogP contribution is -2.27. The van der Waals surface area contributed by atoms with E-state index in [1.807, 2.05) is 6.92 Å². The number of rotatable bonds is 41. The molecule has 7 aliphatic heterocycles. The van der Waals surface area contributed by atoms with Crippen molar-refractivity contribution in [3.05, 3.63) is 0 Å². The topological polar surface area (TPSA) is 272 Å². The molecule has 133 heavy (non-hydrogen) atoms. The Hall–Kier alpha value is -3.99. The van der Waals surface area contributed by atoms with E-state index in [1.165, 1.54) is 0 Å². The number of fused-ring (bicyclic) bond motifs is 7. The average molecular weight is 1880 g/mol. The molecule has 0 aromatic heterocycles. The Morgan fingerprint density at radius 3 is 0.932 bits per heavy atom. The molecule has 14 fully saturated rings. The molecule has 770 valence electrons. The average Bonchev–Trinajstić information content (AvgIpc) is 1.67. The van der Waals surface area contributed by atoms with Gasteiger partial charge in [0.1, 0.15) is 0 Å². The zero-order chi connectivity index (χ0) is 98.2. The van der Waals surface area contributed by atoms with Gasteiger partial charge in [-0.15, -0.1) is 0 Å². The summed E-state index contributed by atoms with van der Waals surface area (Å²) in [7, 11) is 0. The second-order valence-corrected chi connectivity index (χ2v) is 49.9. The zero-order valence-electron chi connectivity index (χ0n) is 89.3. The quantitative estimate of drug-likeness (QED) is 0.0312. The molecule has 21 nitrogen and oxygen atoms in total. The minimum Gasteiger partial charge on any atom is -0.465 e. The fourth-order valence-corrected chi connectivity index (χ4v) is 20.5. The fourth-order valence-electron chi connectivity index (χ4n) is 20.5. The van der Waals surface area contributed by atoms with Gasteiger partial charge < -0.3 is 66.3 Å². The number of carbonyl (C=O) groups is 7. The van der Waals surface area contributed by atoms with Gasteiger partial charge in [0.05, 0.1) is 150 Å². The summed E-state index contributed by atoms with van der Waals surface area (Å²) in [6.45, 7) is 65.4. The number of carbonyl (C=O) groups excluding carboxylic acids is 7. The van der Waals surface area contributed by atoms with E-state index in [2.05, 4.69) is 187 Å². The molecule has 0 aromatic rings. The molecule has 0 bridgehead atoms. The van der Waals surface area contributed by atoms with Gasteiger partial charge in [-0.1, -0.05) is 207 Å². The van der Waals surface area contributed by atoms with Crippen LogP contribution in [0.15, 0.2) is 0 Å². The Kier molecular flexibility index (Phi) is 45.7. The van der Waals surface area contributed by atoms with Gasteiger partial charge in [0, 0.05) is 25.7 Å². The van der Waals surface area contributed by atoms with Crippen molar-refractivity contribution in [1.29, 1.82) is 0 Å². The summed E-state index contributed by atoms with van der Waals surface area (Å²) in [5, 5.41) is 0.